The number of anilines is 2. The zero-order valence-electron chi connectivity index (χ0n) is 12.8. The van der Waals surface area contributed by atoms with Gasteiger partial charge in [-0.2, -0.15) is 0 Å². The number of ether oxygens (including phenoxy) is 1. The molecule has 2 unspecified atom stereocenters. The van der Waals surface area contributed by atoms with E-state index in [0.29, 0.717) is 0 Å². The molecule has 1 fully saturated rings. The number of morpholine rings is 1. The second-order valence-electron chi connectivity index (χ2n) is 5.58. The highest BCUT2D eigenvalue weighted by atomic mass is 16.6. The summed E-state index contributed by atoms with van der Waals surface area (Å²) in [5.41, 5.74) is 1.80. The molecule has 0 bridgehead atoms. The van der Waals surface area contributed by atoms with Crippen LogP contribution in [0.1, 0.15) is 27.2 Å². The van der Waals surface area contributed by atoms with E-state index in [-0.39, 0.29) is 22.8 Å². The Hall–Kier alpha value is -1.82. The second kappa shape index (κ2) is 6.76. The Morgan fingerprint density at radius 3 is 2.57 bits per heavy atom. The normalized spacial score (nSPS) is 22.1. The molecule has 1 aliphatic heterocycles. The Balaban J connectivity index is 2.28. The van der Waals surface area contributed by atoms with Crippen molar-refractivity contribution in [1.29, 1.82) is 0 Å². The van der Waals surface area contributed by atoms with E-state index in [1.54, 1.807) is 12.1 Å². The van der Waals surface area contributed by atoms with Crippen LogP contribution < -0.4 is 10.2 Å². The van der Waals surface area contributed by atoms with Crippen LogP contribution in [0.4, 0.5) is 17.1 Å². The molecule has 1 heterocycles. The number of non-ortho nitro benzene ring substituents is 1. The maximum atomic E-state index is 11.1. The van der Waals surface area contributed by atoms with Crippen LogP contribution in [0.3, 0.4) is 0 Å². The number of hydrogen-bond acceptors (Lipinski definition) is 5. The van der Waals surface area contributed by atoms with Gasteiger partial charge in [0, 0.05) is 43.1 Å². The molecule has 6 nitrogen and oxygen atoms in total. The summed E-state index contributed by atoms with van der Waals surface area (Å²) in [6.45, 7) is 8.41. The molecule has 6 heteroatoms. The molecule has 1 saturated heterocycles. The fraction of sp³-hybridized carbons (Fsp3) is 0.600. The highest BCUT2D eigenvalue weighted by Crippen LogP contribution is 2.29. The molecule has 0 spiro atoms. The lowest BCUT2D eigenvalue weighted by molar-refractivity contribution is -0.384. The van der Waals surface area contributed by atoms with Crippen LogP contribution in [0, 0.1) is 10.1 Å². The molecule has 116 valence electrons. The van der Waals surface area contributed by atoms with Gasteiger partial charge in [0.05, 0.1) is 17.1 Å². The standard InChI is InChI=1S/C15H23N3O3/c1-4-5-16-13-6-14(8-15(7-13)18(19)20)17-9-11(2)21-12(3)10-17/h6-8,11-12,16H,4-5,9-10H2,1-3H3. The molecular formula is C15H23N3O3. The van der Waals surface area contributed by atoms with Gasteiger partial charge < -0.3 is 15.0 Å². The average molecular weight is 293 g/mol. The molecule has 2 rings (SSSR count). The Bertz CT molecular complexity index is 497. The van der Waals surface area contributed by atoms with E-state index in [1.807, 2.05) is 19.9 Å². The van der Waals surface area contributed by atoms with Crippen LogP contribution in [-0.2, 0) is 4.74 Å². The first-order chi connectivity index (χ1) is 9.99. The minimum atomic E-state index is -0.339. The Morgan fingerprint density at radius 2 is 2.00 bits per heavy atom. The van der Waals surface area contributed by atoms with E-state index in [0.717, 1.165) is 37.4 Å². The number of nitro benzene ring substituents is 1. The minimum Gasteiger partial charge on any atom is -0.385 e. The molecule has 1 N–H and O–H groups in total. The smallest absolute Gasteiger partial charge is 0.273 e. The summed E-state index contributed by atoms with van der Waals surface area (Å²) < 4.78 is 5.72. The molecule has 1 aromatic carbocycles. The number of rotatable bonds is 5. The molecule has 0 amide bonds. The van der Waals surface area contributed by atoms with E-state index in [2.05, 4.69) is 17.1 Å². The molecule has 0 saturated carbocycles. The predicted molar refractivity (Wildman–Crippen MR) is 84.1 cm³/mol. The van der Waals surface area contributed by atoms with Gasteiger partial charge in [0.2, 0.25) is 0 Å². The van der Waals surface area contributed by atoms with Crippen LogP contribution in [0.25, 0.3) is 0 Å². The second-order valence-corrected chi connectivity index (χ2v) is 5.58. The van der Waals surface area contributed by atoms with E-state index in [9.17, 15) is 10.1 Å². The summed E-state index contributed by atoms with van der Waals surface area (Å²) in [6, 6.07) is 5.21. The number of nitro groups is 1. The maximum absolute atomic E-state index is 11.1. The summed E-state index contributed by atoms with van der Waals surface area (Å²) >= 11 is 0. The van der Waals surface area contributed by atoms with Crippen molar-refractivity contribution in [2.24, 2.45) is 0 Å². The lowest BCUT2D eigenvalue weighted by Crippen LogP contribution is -2.45. The van der Waals surface area contributed by atoms with Gasteiger partial charge in [-0.15, -0.1) is 0 Å². The Morgan fingerprint density at radius 1 is 1.33 bits per heavy atom. The van der Waals surface area contributed by atoms with Gasteiger partial charge in [-0.05, 0) is 26.3 Å². The van der Waals surface area contributed by atoms with Crippen LogP contribution in [-0.4, -0.2) is 36.8 Å². The van der Waals surface area contributed by atoms with E-state index < -0.39 is 0 Å². The largest absolute Gasteiger partial charge is 0.385 e. The monoisotopic (exact) mass is 293 g/mol. The summed E-state index contributed by atoms with van der Waals surface area (Å²) in [7, 11) is 0. The van der Waals surface area contributed by atoms with E-state index in [4.69, 9.17) is 4.74 Å². The van der Waals surface area contributed by atoms with Crippen molar-refractivity contribution >= 4 is 17.1 Å². The molecule has 0 radical (unpaired) electrons. The maximum Gasteiger partial charge on any atom is 0.273 e. The highest BCUT2D eigenvalue weighted by molar-refractivity contribution is 5.64. The van der Waals surface area contributed by atoms with E-state index >= 15 is 0 Å². The molecule has 1 aromatic rings. The first kappa shape index (κ1) is 15.6. The topological polar surface area (TPSA) is 67.6 Å². The molecular weight excluding hydrogens is 270 g/mol. The van der Waals surface area contributed by atoms with Gasteiger partial charge in [-0.25, -0.2) is 0 Å². The predicted octanol–water partition coefficient (Wildman–Crippen LogP) is 3.03. The van der Waals surface area contributed by atoms with Gasteiger partial charge in [0.15, 0.2) is 0 Å². The zero-order chi connectivity index (χ0) is 15.4. The lowest BCUT2D eigenvalue weighted by atomic mass is 10.1. The molecule has 0 aliphatic carbocycles. The molecule has 0 aromatic heterocycles. The fourth-order valence-corrected chi connectivity index (χ4v) is 2.64. The summed E-state index contributed by atoms with van der Waals surface area (Å²) in [5.74, 6) is 0. The third-order valence-corrected chi connectivity index (χ3v) is 3.48. The van der Waals surface area contributed by atoms with Gasteiger partial charge in [-0.3, -0.25) is 10.1 Å². The van der Waals surface area contributed by atoms with Crippen LogP contribution in [0.2, 0.25) is 0 Å². The van der Waals surface area contributed by atoms with Crippen molar-refractivity contribution < 1.29 is 9.66 Å². The minimum absolute atomic E-state index is 0.123. The van der Waals surface area contributed by atoms with Crippen molar-refractivity contribution in [2.45, 2.75) is 39.4 Å². The van der Waals surface area contributed by atoms with Gasteiger partial charge in [0.25, 0.3) is 5.69 Å². The van der Waals surface area contributed by atoms with Crippen LogP contribution in [0.15, 0.2) is 18.2 Å². The van der Waals surface area contributed by atoms with Gasteiger partial charge in [0.1, 0.15) is 0 Å². The van der Waals surface area contributed by atoms with Crippen molar-refractivity contribution in [2.75, 3.05) is 29.9 Å². The average Bonchev–Trinajstić information content (AvgIpc) is 2.43. The lowest BCUT2D eigenvalue weighted by Gasteiger charge is -2.36. The van der Waals surface area contributed by atoms with Crippen molar-refractivity contribution in [3.63, 3.8) is 0 Å². The molecule has 1 aliphatic rings. The van der Waals surface area contributed by atoms with Crippen LogP contribution >= 0.6 is 0 Å². The summed E-state index contributed by atoms with van der Waals surface area (Å²) in [4.78, 5) is 12.9. The molecule has 2 atom stereocenters. The van der Waals surface area contributed by atoms with E-state index in [1.165, 1.54) is 0 Å². The van der Waals surface area contributed by atoms with Crippen LogP contribution in [0.5, 0.6) is 0 Å². The quantitative estimate of drug-likeness (QED) is 0.667. The Kier molecular flexibility index (Phi) is 5.01. The number of nitrogens with zero attached hydrogens (tertiary/aromatic N) is 2. The first-order valence-electron chi connectivity index (χ1n) is 7.43. The first-order valence-corrected chi connectivity index (χ1v) is 7.43. The summed E-state index contributed by atoms with van der Waals surface area (Å²) in [6.07, 6.45) is 1.23. The van der Waals surface area contributed by atoms with Crippen molar-refractivity contribution in [3.05, 3.63) is 28.3 Å². The highest BCUT2D eigenvalue weighted by Gasteiger charge is 2.24. The number of benzene rings is 1. The zero-order valence-corrected chi connectivity index (χ0v) is 12.8. The van der Waals surface area contributed by atoms with Gasteiger partial charge >= 0.3 is 0 Å². The third kappa shape index (κ3) is 4.07. The van der Waals surface area contributed by atoms with Gasteiger partial charge in [-0.1, -0.05) is 6.92 Å². The SMILES string of the molecule is CCCNc1cc(N2CC(C)OC(C)C2)cc([N+](=O)[O-])c1. The van der Waals surface area contributed by atoms with Crippen molar-refractivity contribution in [3.8, 4) is 0 Å². The Labute approximate surface area is 125 Å². The number of hydrogen-bond donors (Lipinski definition) is 1. The van der Waals surface area contributed by atoms with Crippen molar-refractivity contribution in [1.82, 2.24) is 0 Å². The summed E-state index contributed by atoms with van der Waals surface area (Å²) in [5, 5.41) is 14.4. The third-order valence-electron chi connectivity index (χ3n) is 3.48. The molecule has 21 heavy (non-hydrogen) atoms. The number of nitrogens with one attached hydrogen (secondary N) is 1. The fourth-order valence-electron chi connectivity index (χ4n) is 2.64.